The lowest BCUT2D eigenvalue weighted by atomic mass is 10.1. The third-order valence-electron chi connectivity index (χ3n) is 3.61. The highest BCUT2D eigenvalue weighted by atomic mass is 32.1. The maximum atomic E-state index is 12.2. The van der Waals surface area contributed by atoms with Gasteiger partial charge in [-0.2, -0.15) is 10.2 Å². The monoisotopic (exact) mass is 338 g/mol. The number of hydrogen-bond acceptors (Lipinski definition) is 4. The van der Waals surface area contributed by atoms with Gasteiger partial charge in [-0.3, -0.25) is 9.89 Å². The van der Waals surface area contributed by atoms with E-state index >= 15 is 0 Å². The zero-order chi connectivity index (χ0) is 17.1. The van der Waals surface area contributed by atoms with Crippen LogP contribution in [0.25, 0.3) is 10.6 Å². The third kappa shape index (κ3) is 3.60. The molecule has 0 aliphatic rings. The largest absolute Gasteiger partial charge is 0.291 e. The van der Waals surface area contributed by atoms with Crippen molar-refractivity contribution in [2.75, 3.05) is 0 Å². The summed E-state index contributed by atoms with van der Waals surface area (Å²) in [5, 5.41) is 11.1. The van der Waals surface area contributed by atoms with Crippen molar-refractivity contribution in [1.29, 1.82) is 0 Å². The quantitative estimate of drug-likeness (QED) is 0.559. The number of H-pyrrole nitrogens is 1. The molecule has 2 N–H and O–H groups in total. The molecule has 24 heavy (non-hydrogen) atoms. The Morgan fingerprint density at radius 2 is 1.92 bits per heavy atom. The molecule has 0 saturated carbocycles. The van der Waals surface area contributed by atoms with Crippen molar-refractivity contribution in [3.05, 3.63) is 64.2 Å². The van der Waals surface area contributed by atoms with Crippen LogP contribution in [0.15, 0.2) is 47.6 Å². The Bertz CT molecular complexity index is 890. The summed E-state index contributed by atoms with van der Waals surface area (Å²) in [6.07, 6.45) is 0. The number of rotatable bonds is 4. The first kappa shape index (κ1) is 16.1. The molecule has 0 aliphatic carbocycles. The molecular formula is C18H18N4OS. The number of benzene rings is 1. The summed E-state index contributed by atoms with van der Waals surface area (Å²) in [6.45, 7) is 5.93. The van der Waals surface area contributed by atoms with Crippen LogP contribution in [-0.4, -0.2) is 21.8 Å². The smallest absolute Gasteiger partial charge is 0.276 e. The number of hydrogen-bond donors (Lipinski definition) is 2. The number of nitrogens with one attached hydrogen (secondary N) is 2. The Morgan fingerprint density at radius 3 is 2.58 bits per heavy atom. The molecule has 0 unspecified atom stereocenters. The van der Waals surface area contributed by atoms with Gasteiger partial charge in [-0.25, -0.2) is 5.43 Å². The number of carbonyl (C=O) groups is 1. The van der Waals surface area contributed by atoms with Crippen LogP contribution < -0.4 is 5.43 Å². The molecule has 1 aromatic carbocycles. The normalized spacial score (nSPS) is 11.5. The molecule has 0 bridgehead atoms. The van der Waals surface area contributed by atoms with E-state index in [4.69, 9.17) is 0 Å². The summed E-state index contributed by atoms with van der Waals surface area (Å²) in [5.74, 6) is -0.336. The SMILES string of the molecule is C/C(=N\NC(=O)c1cc(-c2ccc(C)s2)[nH]n1)c1ccc(C)cc1. The lowest BCUT2D eigenvalue weighted by molar-refractivity contribution is 0.0950. The molecule has 3 rings (SSSR count). The predicted octanol–water partition coefficient (Wildman–Crippen LogP) is 3.91. The van der Waals surface area contributed by atoms with E-state index < -0.39 is 0 Å². The second kappa shape index (κ2) is 6.80. The minimum atomic E-state index is -0.336. The Kier molecular flexibility index (Phi) is 4.57. The van der Waals surface area contributed by atoms with Gasteiger partial charge < -0.3 is 0 Å². The molecule has 0 spiro atoms. The van der Waals surface area contributed by atoms with Gasteiger partial charge >= 0.3 is 0 Å². The van der Waals surface area contributed by atoms with E-state index in [0.29, 0.717) is 5.69 Å². The van der Waals surface area contributed by atoms with Gasteiger partial charge in [0.15, 0.2) is 5.69 Å². The van der Waals surface area contributed by atoms with Crippen molar-refractivity contribution in [2.24, 2.45) is 5.10 Å². The average Bonchev–Trinajstić information content (AvgIpc) is 3.22. The lowest BCUT2D eigenvalue weighted by Crippen LogP contribution is -2.19. The van der Waals surface area contributed by atoms with Crippen LogP contribution in [0, 0.1) is 13.8 Å². The van der Waals surface area contributed by atoms with Crippen LogP contribution in [0.2, 0.25) is 0 Å². The fraction of sp³-hybridized carbons (Fsp3) is 0.167. The highest BCUT2D eigenvalue weighted by Crippen LogP contribution is 2.26. The molecular weight excluding hydrogens is 320 g/mol. The summed E-state index contributed by atoms with van der Waals surface area (Å²) < 4.78 is 0. The Morgan fingerprint density at radius 1 is 1.17 bits per heavy atom. The van der Waals surface area contributed by atoms with Crippen LogP contribution >= 0.6 is 11.3 Å². The third-order valence-corrected chi connectivity index (χ3v) is 4.64. The van der Waals surface area contributed by atoms with E-state index in [1.54, 1.807) is 17.4 Å². The molecule has 0 aliphatic heterocycles. The average molecular weight is 338 g/mol. The summed E-state index contributed by atoms with van der Waals surface area (Å²) in [7, 11) is 0. The fourth-order valence-corrected chi connectivity index (χ4v) is 3.03. The van der Waals surface area contributed by atoms with Crippen LogP contribution in [0.5, 0.6) is 0 Å². The lowest BCUT2D eigenvalue weighted by Gasteiger charge is -2.02. The molecule has 0 saturated heterocycles. The number of hydrazone groups is 1. The van der Waals surface area contributed by atoms with E-state index in [0.717, 1.165) is 21.8 Å². The van der Waals surface area contributed by atoms with E-state index in [1.165, 1.54) is 10.4 Å². The van der Waals surface area contributed by atoms with Crippen molar-refractivity contribution >= 4 is 23.0 Å². The van der Waals surface area contributed by atoms with Gasteiger partial charge in [-0.1, -0.05) is 29.8 Å². The molecule has 2 aromatic heterocycles. The number of carbonyl (C=O) groups excluding carboxylic acids is 1. The van der Waals surface area contributed by atoms with E-state index in [1.807, 2.05) is 57.2 Å². The second-order valence-electron chi connectivity index (χ2n) is 5.58. The number of aryl methyl sites for hydroxylation is 2. The molecule has 0 radical (unpaired) electrons. The van der Waals surface area contributed by atoms with Gasteiger partial charge in [-0.15, -0.1) is 11.3 Å². The summed E-state index contributed by atoms with van der Waals surface area (Å²) in [6, 6.07) is 13.8. The Balaban J connectivity index is 1.70. The van der Waals surface area contributed by atoms with Gasteiger partial charge in [0.2, 0.25) is 0 Å². The highest BCUT2D eigenvalue weighted by Gasteiger charge is 2.12. The van der Waals surface area contributed by atoms with Gasteiger partial charge in [0.05, 0.1) is 16.3 Å². The zero-order valence-electron chi connectivity index (χ0n) is 13.8. The first-order chi connectivity index (χ1) is 11.5. The molecule has 3 aromatic rings. The molecule has 5 nitrogen and oxygen atoms in total. The van der Waals surface area contributed by atoms with Crippen LogP contribution in [0.4, 0.5) is 0 Å². The minimum Gasteiger partial charge on any atom is -0.276 e. The molecule has 122 valence electrons. The number of thiophene rings is 1. The highest BCUT2D eigenvalue weighted by molar-refractivity contribution is 7.15. The molecule has 0 fully saturated rings. The summed E-state index contributed by atoms with van der Waals surface area (Å²) in [5.41, 5.74) is 6.60. The summed E-state index contributed by atoms with van der Waals surface area (Å²) in [4.78, 5) is 14.5. The molecule has 0 atom stereocenters. The van der Waals surface area contributed by atoms with E-state index in [-0.39, 0.29) is 5.91 Å². The van der Waals surface area contributed by atoms with Crippen molar-refractivity contribution < 1.29 is 4.79 Å². The fourth-order valence-electron chi connectivity index (χ4n) is 2.19. The predicted molar refractivity (Wildman–Crippen MR) is 97.5 cm³/mol. The first-order valence-corrected chi connectivity index (χ1v) is 8.38. The Hall–Kier alpha value is -2.73. The number of aromatic nitrogens is 2. The Labute approximate surface area is 144 Å². The van der Waals surface area contributed by atoms with Crippen molar-refractivity contribution in [3.63, 3.8) is 0 Å². The van der Waals surface area contributed by atoms with Gasteiger partial charge in [-0.05, 0) is 44.5 Å². The van der Waals surface area contributed by atoms with Crippen LogP contribution in [-0.2, 0) is 0 Å². The first-order valence-electron chi connectivity index (χ1n) is 7.57. The van der Waals surface area contributed by atoms with Crippen molar-refractivity contribution in [1.82, 2.24) is 15.6 Å². The second-order valence-corrected chi connectivity index (χ2v) is 6.87. The standard InChI is InChI=1S/C18H18N4OS/c1-11-4-7-14(8-5-11)13(3)19-22-18(23)16-10-15(20-21-16)17-9-6-12(2)24-17/h4-10H,1-3H3,(H,20,21)(H,22,23)/b19-13+. The van der Waals surface area contributed by atoms with Crippen LogP contribution in [0.3, 0.4) is 0 Å². The molecule has 2 heterocycles. The van der Waals surface area contributed by atoms with Gasteiger partial charge in [0, 0.05) is 4.88 Å². The number of aromatic amines is 1. The number of amides is 1. The zero-order valence-corrected chi connectivity index (χ0v) is 14.6. The van der Waals surface area contributed by atoms with E-state index in [9.17, 15) is 4.79 Å². The van der Waals surface area contributed by atoms with Gasteiger partial charge in [0.25, 0.3) is 5.91 Å². The summed E-state index contributed by atoms with van der Waals surface area (Å²) >= 11 is 1.65. The van der Waals surface area contributed by atoms with Crippen molar-refractivity contribution in [2.45, 2.75) is 20.8 Å². The van der Waals surface area contributed by atoms with Crippen molar-refractivity contribution in [3.8, 4) is 10.6 Å². The topological polar surface area (TPSA) is 70.1 Å². The molecule has 6 heteroatoms. The molecule has 1 amide bonds. The number of nitrogens with zero attached hydrogens (tertiary/aromatic N) is 2. The van der Waals surface area contributed by atoms with Crippen LogP contribution in [0.1, 0.15) is 33.4 Å². The van der Waals surface area contributed by atoms with Gasteiger partial charge in [0.1, 0.15) is 0 Å². The maximum Gasteiger partial charge on any atom is 0.291 e. The minimum absolute atomic E-state index is 0.316. The maximum absolute atomic E-state index is 12.2. The van der Waals surface area contributed by atoms with E-state index in [2.05, 4.69) is 20.7 Å².